The summed E-state index contributed by atoms with van der Waals surface area (Å²) < 4.78 is 72.0. The largest absolute Gasteiger partial charge is 0.438 e. The van der Waals surface area contributed by atoms with Gasteiger partial charge in [0.1, 0.15) is 11.1 Å². The molecule has 37 heavy (non-hydrogen) atoms. The Morgan fingerprint density at radius 3 is 2.70 bits per heavy atom. The van der Waals surface area contributed by atoms with Crippen molar-refractivity contribution >= 4 is 34.3 Å². The van der Waals surface area contributed by atoms with Gasteiger partial charge in [-0.3, -0.25) is 19.7 Å². The molecule has 0 radical (unpaired) electrons. The van der Waals surface area contributed by atoms with Gasteiger partial charge in [-0.05, 0) is 24.1 Å². The predicted molar refractivity (Wildman–Crippen MR) is 125 cm³/mol. The van der Waals surface area contributed by atoms with Crippen molar-refractivity contribution < 1.29 is 31.2 Å². The van der Waals surface area contributed by atoms with Gasteiger partial charge in [0.2, 0.25) is 5.88 Å². The number of pyridine rings is 2. The molecule has 2 aliphatic rings. The lowest BCUT2D eigenvalue weighted by atomic mass is 9.93. The van der Waals surface area contributed by atoms with Gasteiger partial charge in [-0.15, -0.1) is 0 Å². The molecule has 198 valence electrons. The molecule has 5 rings (SSSR count). The van der Waals surface area contributed by atoms with E-state index in [2.05, 4.69) is 15.3 Å². The molecule has 9 nitrogen and oxygen atoms in total. The van der Waals surface area contributed by atoms with Crippen LogP contribution in [0, 0.1) is 5.92 Å². The van der Waals surface area contributed by atoms with Crippen molar-refractivity contribution in [3.8, 4) is 0 Å². The Morgan fingerprint density at radius 1 is 1.24 bits per heavy atom. The fourth-order valence-electron chi connectivity index (χ4n) is 4.84. The lowest BCUT2D eigenvalue weighted by Crippen LogP contribution is -2.55. The number of hydrogen-bond donors (Lipinski definition) is 3. The summed E-state index contributed by atoms with van der Waals surface area (Å²) in [5.74, 6) is -5.21. The summed E-state index contributed by atoms with van der Waals surface area (Å²) in [6.07, 6.45) is -0.405. The van der Waals surface area contributed by atoms with Gasteiger partial charge >= 0.3 is 6.18 Å². The molecule has 0 spiro atoms. The number of nitrogens with zero attached hydrogens (tertiary/aromatic N) is 4. The van der Waals surface area contributed by atoms with Gasteiger partial charge in [0, 0.05) is 38.1 Å². The summed E-state index contributed by atoms with van der Waals surface area (Å²) in [5.41, 5.74) is 13.3. The minimum Gasteiger partial charge on any atom is -0.438 e. The summed E-state index contributed by atoms with van der Waals surface area (Å²) in [7, 11) is 0. The van der Waals surface area contributed by atoms with Gasteiger partial charge in [-0.1, -0.05) is 0 Å². The van der Waals surface area contributed by atoms with E-state index in [1.807, 2.05) is 0 Å². The Hall–Kier alpha value is -3.52. The second kappa shape index (κ2) is 9.10. The molecule has 2 aliphatic heterocycles. The van der Waals surface area contributed by atoms with Crippen LogP contribution in [0.3, 0.4) is 0 Å². The molecular formula is C23H24F5N7O2. The van der Waals surface area contributed by atoms with E-state index >= 15 is 0 Å². The maximum absolute atomic E-state index is 13.4. The Balaban J connectivity index is 1.36. The fourth-order valence-corrected chi connectivity index (χ4v) is 4.84. The molecule has 3 aromatic rings. The molecule has 14 heteroatoms. The number of aromatic nitrogens is 2. The van der Waals surface area contributed by atoms with E-state index in [1.165, 1.54) is 29.6 Å². The summed E-state index contributed by atoms with van der Waals surface area (Å²) in [6.45, 7) is -0.607. The van der Waals surface area contributed by atoms with E-state index in [0.29, 0.717) is 11.3 Å². The molecule has 2 atom stereocenters. The number of halogens is 5. The maximum atomic E-state index is 13.4. The smallest absolute Gasteiger partial charge is 0.393 e. The van der Waals surface area contributed by atoms with E-state index in [4.69, 9.17) is 15.9 Å². The minimum absolute atomic E-state index is 0.0599. The first-order valence-electron chi connectivity index (χ1n) is 11.5. The topological polar surface area (TPSA) is 127 Å². The number of rotatable bonds is 5. The molecule has 3 aromatic heterocycles. The Labute approximate surface area is 207 Å². The van der Waals surface area contributed by atoms with E-state index < -0.39 is 30.0 Å². The number of carbonyl (C=O) groups excluding carboxylic acids is 1. The van der Waals surface area contributed by atoms with Crippen molar-refractivity contribution in [1.82, 2.24) is 14.9 Å². The number of furan rings is 1. The van der Waals surface area contributed by atoms with E-state index in [0.717, 1.165) is 0 Å². The van der Waals surface area contributed by atoms with Crippen molar-refractivity contribution in [1.29, 1.82) is 0 Å². The zero-order valence-electron chi connectivity index (χ0n) is 19.4. The number of alkyl halides is 5. The zero-order chi connectivity index (χ0) is 26.5. The van der Waals surface area contributed by atoms with Gasteiger partial charge < -0.3 is 26.1 Å². The quantitative estimate of drug-likeness (QED) is 0.434. The number of fused-ring (bicyclic) bond motifs is 1. The zero-order valence-corrected chi connectivity index (χ0v) is 19.4. The number of carbonyl (C=O) groups is 1. The predicted octanol–water partition coefficient (Wildman–Crippen LogP) is 3.22. The van der Waals surface area contributed by atoms with Crippen LogP contribution in [-0.2, 0) is 6.54 Å². The molecule has 2 saturated heterocycles. The highest BCUT2D eigenvalue weighted by molar-refractivity contribution is 6.15. The molecule has 2 fully saturated rings. The molecule has 0 aliphatic carbocycles. The number of anilines is 3. The van der Waals surface area contributed by atoms with Crippen LogP contribution in [0.1, 0.15) is 22.3 Å². The third kappa shape index (κ3) is 5.16. The van der Waals surface area contributed by atoms with E-state index in [9.17, 15) is 26.7 Å². The molecule has 5 N–H and O–H groups in total. The SMILES string of the molecule is Nc1oc2cc(CN3CC(F)(F)C3)cnc2c1C(=O)Nc1cnccc1N1C[C@@H](N)C[C@@H](C(F)(F)F)C1. The monoisotopic (exact) mass is 525 g/mol. The third-order valence-corrected chi connectivity index (χ3v) is 6.49. The number of hydrogen-bond acceptors (Lipinski definition) is 8. The molecule has 5 heterocycles. The lowest BCUT2D eigenvalue weighted by molar-refractivity contribution is -0.177. The first-order valence-corrected chi connectivity index (χ1v) is 11.5. The number of likely N-dealkylation sites (tertiary alicyclic amines) is 1. The lowest BCUT2D eigenvalue weighted by Gasteiger charge is -2.39. The van der Waals surface area contributed by atoms with Gasteiger partial charge in [-0.25, -0.2) is 8.78 Å². The summed E-state index contributed by atoms with van der Waals surface area (Å²) in [5, 5.41) is 2.65. The average Bonchev–Trinajstić information content (AvgIpc) is 3.12. The Bertz CT molecular complexity index is 1320. The summed E-state index contributed by atoms with van der Waals surface area (Å²) >= 11 is 0. The van der Waals surface area contributed by atoms with Gasteiger partial charge in [-0.2, -0.15) is 13.2 Å². The van der Waals surface area contributed by atoms with Crippen molar-refractivity contribution in [2.45, 2.75) is 31.1 Å². The minimum atomic E-state index is -4.40. The Kier molecular flexibility index (Phi) is 6.18. The number of amides is 1. The molecule has 1 amide bonds. The molecule has 0 aromatic carbocycles. The highest BCUT2D eigenvalue weighted by Gasteiger charge is 2.45. The Morgan fingerprint density at radius 2 is 2.00 bits per heavy atom. The van der Waals surface area contributed by atoms with Crippen LogP contribution >= 0.6 is 0 Å². The highest BCUT2D eigenvalue weighted by atomic mass is 19.4. The first-order chi connectivity index (χ1) is 17.4. The number of piperidine rings is 1. The van der Waals surface area contributed by atoms with Crippen LogP contribution < -0.4 is 21.7 Å². The number of nitrogen functional groups attached to an aromatic ring is 1. The van der Waals surface area contributed by atoms with E-state index in [-0.39, 0.29) is 67.4 Å². The van der Waals surface area contributed by atoms with Crippen molar-refractivity contribution in [2.75, 3.05) is 42.1 Å². The van der Waals surface area contributed by atoms with E-state index in [1.54, 1.807) is 11.0 Å². The fraction of sp³-hybridized carbons (Fsp3) is 0.435. The van der Waals surface area contributed by atoms with Crippen LogP contribution in [0.4, 0.5) is 39.2 Å². The van der Waals surface area contributed by atoms with Gasteiger partial charge in [0.05, 0.1) is 36.6 Å². The average molecular weight is 525 g/mol. The third-order valence-electron chi connectivity index (χ3n) is 6.49. The second-order valence-electron chi connectivity index (χ2n) is 9.52. The summed E-state index contributed by atoms with van der Waals surface area (Å²) in [6, 6.07) is 2.38. The second-order valence-corrected chi connectivity index (χ2v) is 9.52. The highest BCUT2D eigenvalue weighted by Crippen LogP contribution is 2.37. The van der Waals surface area contributed by atoms with Crippen LogP contribution in [0.5, 0.6) is 0 Å². The van der Waals surface area contributed by atoms with Crippen molar-refractivity contribution in [2.24, 2.45) is 11.7 Å². The first kappa shape index (κ1) is 25.1. The van der Waals surface area contributed by atoms with Gasteiger partial charge in [0.15, 0.2) is 5.58 Å². The molecule has 0 saturated carbocycles. The van der Waals surface area contributed by atoms with Crippen molar-refractivity contribution in [3.63, 3.8) is 0 Å². The number of nitrogens with two attached hydrogens (primary N) is 2. The van der Waals surface area contributed by atoms with Crippen LogP contribution in [0.15, 0.2) is 35.1 Å². The van der Waals surface area contributed by atoms with Crippen molar-refractivity contribution in [3.05, 3.63) is 41.9 Å². The normalized spacial score (nSPS) is 22.2. The molecule has 0 unspecified atom stereocenters. The van der Waals surface area contributed by atoms with Gasteiger partial charge in [0.25, 0.3) is 11.8 Å². The van der Waals surface area contributed by atoms with Crippen LogP contribution in [0.25, 0.3) is 11.1 Å². The van der Waals surface area contributed by atoms with Crippen LogP contribution in [0.2, 0.25) is 0 Å². The molecular weight excluding hydrogens is 501 g/mol. The molecule has 0 bridgehead atoms. The maximum Gasteiger partial charge on any atom is 0.393 e. The standard InChI is InChI=1S/C23H24F5N7O2/c24-22(25)10-34(11-22)7-12-3-17-19(32-5-12)18(20(30)37-17)21(36)33-15-6-31-2-1-16(15)35-8-13(23(26,27)28)4-14(29)9-35/h1-3,5-6,13-14H,4,7-11,29-30H2,(H,33,36)/t13-,14+/m1/s1. The van der Waals surface area contributed by atoms with Crippen LogP contribution in [-0.4, -0.2) is 65.1 Å². The number of nitrogens with one attached hydrogen (secondary N) is 1. The summed E-state index contributed by atoms with van der Waals surface area (Å²) in [4.78, 5) is 24.5.